The highest BCUT2D eigenvalue weighted by Gasteiger charge is 2.13. The molecule has 0 aliphatic carbocycles. The van der Waals surface area contributed by atoms with Gasteiger partial charge in [0.15, 0.2) is 10.9 Å². The molecule has 57 heavy (non-hydrogen) atoms. The molecule has 0 unspecified atom stereocenters. The first kappa shape index (κ1) is 37.1. The predicted molar refractivity (Wildman–Crippen MR) is 218 cm³/mol. The van der Waals surface area contributed by atoms with Gasteiger partial charge in [0.2, 0.25) is 0 Å². The van der Waals surface area contributed by atoms with Crippen molar-refractivity contribution in [3.05, 3.63) is 177 Å². The molecular weight excluding hydrogens is 721 g/mol. The molecule has 0 saturated carbocycles. The Balaban J connectivity index is 0.808. The summed E-state index contributed by atoms with van der Waals surface area (Å²) in [7, 11) is 0. The number of rotatable bonds is 17. The highest BCUT2D eigenvalue weighted by Crippen LogP contribution is 2.26. The van der Waals surface area contributed by atoms with E-state index < -0.39 is 0 Å². The minimum Gasteiger partial charge on any atom is -0.492 e. The SMILES string of the molecule is O=c1cc(-c2ccc(OCCOCCn3cc(CN(CCOc4ccc5c(=O)cc(-c6ccccc6)oc5c4)Cc4ccccc4)nn3)cc2)oc2ccccc12. The van der Waals surface area contributed by atoms with Gasteiger partial charge in [0.05, 0.1) is 36.2 Å². The maximum atomic E-state index is 12.8. The van der Waals surface area contributed by atoms with Crippen LogP contribution >= 0.6 is 0 Å². The molecule has 286 valence electrons. The molecule has 0 saturated heterocycles. The van der Waals surface area contributed by atoms with Gasteiger partial charge in [0.25, 0.3) is 0 Å². The lowest BCUT2D eigenvalue weighted by molar-refractivity contribution is 0.0923. The van der Waals surface area contributed by atoms with E-state index in [4.69, 9.17) is 23.0 Å². The molecule has 8 rings (SSSR count). The minimum absolute atomic E-state index is 0.0754. The van der Waals surface area contributed by atoms with Crippen LogP contribution in [-0.2, 0) is 24.4 Å². The van der Waals surface area contributed by atoms with Crippen LogP contribution < -0.4 is 20.3 Å². The lowest BCUT2D eigenvalue weighted by Crippen LogP contribution is -2.28. The second-order valence-electron chi connectivity index (χ2n) is 13.5. The van der Waals surface area contributed by atoms with Crippen LogP contribution in [0.4, 0.5) is 0 Å². The van der Waals surface area contributed by atoms with Crippen molar-refractivity contribution in [3.8, 4) is 34.1 Å². The predicted octanol–water partition coefficient (Wildman–Crippen LogP) is 8.00. The van der Waals surface area contributed by atoms with Gasteiger partial charge in [-0.25, -0.2) is 4.68 Å². The first-order valence-corrected chi connectivity index (χ1v) is 18.8. The number of aromatic nitrogens is 3. The van der Waals surface area contributed by atoms with E-state index in [1.165, 1.54) is 17.7 Å². The van der Waals surface area contributed by atoms with Crippen molar-refractivity contribution in [2.75, 3.05) is 33.0 Å². The zero-order valence-electron chi connectivity index (χ0n) is 31.2. The van der Waals surface area contributed by atoms with Crippen molar-refractivity contribution in [2.24, 2.45) is 0 Å². The minimum atomic E-state index is -0.0976. The number of hydrogen-bond donors (Lipinski definition) is 0. The van der Waals surface area contributed by atoms with E-state index in [-0.39, 0.29) is 10.9 Å². The smallest absolute Gasteiger partial charge is 0.193 e. The van der Waals surface area contributed by atoms with E-state index in [1.54, 1.807) is 35.0 Å². The van der Waals surface area contributed by atoms with E-state index in [1.807, 2.05) is 91.1 Å². The number of fused-ring (bicyclic) bond motifs is 2. The van der Waals surface area contributed by atoms with Crippen LogP contribution in [-0.4, -0.2) is 52.9 Å². The van der Waals surface area contributed by atoms with Crippen molar-refractivity contribution in [1.29, 1.82) is 0 Å². The zero-order valence-corrected chi connectivity index (χ0v) is 31.2. The summed E-state index contributed by atoms with van der Waals surface area (Å²) >= 11 is 0. The summed E-state index contributed by atoms with van der Waals surface area (Å²) in [6.45, 7) is 4.10. The summed E-state index contributed by atoms with van der Waals surface area (Å²) in [5.74, 6) is 2.34. The highest BCUT2D eigenvalue weighted by molar-refractivity contribution is 5.80. The fraction of sp³-hybridized carbons (Fsp3) is 0.174. The Morgan fingerprint density at radius 3 is 2.02 bits per heavy atom. The monoisotopic (exact) mass is 760 g/mol. The van der Waals surface area contributed by atoms with Crippen LogP contribution in [0.1, 0.15) is 11.3 Å². The molecule has 0 amide bonds. The molecule has 5 aromatic carbocycles. The van der Waals surface area contributed by atoms with Crippen LogP contribution in [0.25, 0.3) is 44.6 Å². The Hall–Kier alpha value is -6.82. The number of nitrogens with zero attached hydrogens (tertiary/aromatic N) is 4. The summed E-state index contributed by atoms with van der Waals surface area (Å²) in [4.78, 5) is 27.6. The fourth-order valence-corrected chi connectivity index (χ4v) is 6.51. The van der Waals surface area contributed by atoms with Crippen LogP contribution in [0.5, 0.6) is 11.5 Å². The van der Waals surface area contributed by atoms with Crippen LogP contribution in [0.2, 0.25) is 0 Å². The van der Waals surface area contributed by atoms with E-state index in [0.717, 1.165) is 16.8 Å². The molecule has 0 aliphatic heterocycles. The molecule has 11 nitrogen and oxygen atoms in total. The van der Waals surface area contributed by atoms with Crippen molar-refractivity contribution < 1.29 is 23.0 Å². The summed E-state index contributed by atoms with van der Waals surface area (Å²) in [5.41, 5.74) is 4.51. The largest absolute Gasteiger partial charge is 0.492 e. The highest BCUT2D eigenvalue weighted by atomic mass is 16.5. The molecule has 11 heteroatoms. The molecule has 0 N–H and O–H groups in total. The van der Waals surface area contributed by atoms with Gasteiger partial charge in [-0.2, -0.15) is 0 Å². The fourth-order valence-electron chi connectivity index (χ4n) is 6.51. The lowest BCUT2D eigenvalue weighted by atomic mass is 10.1. The summed E-state index contributed by atoms with van der Waals surface area (Å²) < 4.78 is 31.7. The molecular formula is C46H40N4O7. The average Bonchev–Trinajstić information content (AvgIpc) is 3.69. The quantitative estimate of drug-likeness (QED) is 0.0844. The molecule has 0 spiro atoms. The van der Waals surface area contributed by atoms with Crippen molar-refractivity contribution in [3.63, 3.8) is 0 Å². The van der Waals surface area contributed by atoms with Crippen molar-refractivity contribution in [2.45, 2.75) is 19.6 Å². The third kappa shape index (κ3) is 9.53. The van der Waals surface area contributed by atoms with Gasteiger partial charge in [-0.05, 0) is 54.1 Å². The Kier molecular flexibility index (Phi) is 11.6. The van der Waals surface area contributed by atoms with E-state index in [9.17, 15) is 9.59 Å². The topological polar surface area (TPSA) is 122 Å². The first-order chi connectivity index (χ1) is 28.0. The molecule has 3 heterocycles. The van der Waals surface area contributed by atoms with E-state index in [2.05, 4.69) is 27.3 Å². The van der Waals surface area contributed by atoms with Crippen molar-refractivity contribution in [1.82, 2.24) is 19.9 Å². The lowest BCUT2D eigenvalue weighted by Gasteiger charge is -2.21. The Bertz CT molecular complexity index is 2680. The second kappa shape index (κ2) is 17.8. The maximum absolute atomic E-state index is 12.8. The Morgan fingerprint density at radius 1 is 0.579 bits per heavy atom. The number of ether oxygens (including phenoxy) is 3. The number of hydrogen-bond acceptors (Lipinski definition) is 10. The second-order valence-corrected chi connectivity index (χ2v) is 13.5. The molecule has 3 aromatic heterocycles. The van der Waals surface area contributed by atoms with Gasteiger partial charge in [0, 0.05) is 55.2 Å². The zero-order chi connectivity index (χ0) is 38.8. The number of benzene rings is 5. The van der Waals surface area contributed by atoms with Gasteiger partial charge in [0.1, 0.15) is 47.4 Å². The Labute approximate surface area is 328 Å². The van der Waals surface area contributed by atoms with Gasteiger partial charge < -0.3 is 23.0 Å². The van der Waals surface area contributed by atoms with Crippen LogP contribution in [0.3, 0.4) is 0 Å². The molecule has 8 aromatic rings. The standard InChI is InChI=1S/C46H40N4O7/c51-41-28-45(56-43-14-8-7-13-39(41)43)35-15-17-37(18-16-35)55-26-25-53-23-22-50-32-36(47-48-50)31-49(30-33-9-3-1-4-10-33)21-24-54-38-19-20-40-42(52)29-44(57-46(40)27-38)34-11-5-2-6-12-34/h1-20,27-29,32H,21-26,30-31H2. The first-order valence-electron chi connectivity index (χ1n) is 18.8. The third-order valence-corrected chi connectivity index (χ3v) is 9.39. The van der Waals surface area contributed by atoms with Gasteiger partial charge in [-0.15, -0.1) is 5.10 Å². The molecule has 0 radical (unpaired) electrons. The third-order valence-electron chi connectivity index (χ3n) is 9.39. The van der Waals surface area contributed by atoms with Crippen LogP contribution in [0.15, 0.2) is 164 Å². The maximum Gasteiger partial charge on any atom is 0.193 e. The summed E-state index contributed by atoms with van der Waals surface area (Å²) in [5, 5.41) is 9.82. The molecule has 0 atom stereocenters. The Morgan fingerprint density at radius 2 is 1.23 bits per heavy atom. The van der Waals surface area contributed by atoms with Gasteiger partial charge >= 0.3 is 0 Å². The van der Waals surface area contributed by atoms with Gasteiger partial charge in [-0.3, -0.25) is 14.5 Å². The van der Waals surface area contributed by atoms with Crippen LogP contribution in [0, 0.1) is 0 Å². The summed E-state index contributed by atoms with van der Waals surface area (Å²) in [6, 6.07) is 42.9. The van der Waals surface area contributed by atoms with Crippen molar-refractivity contribution >= 4 is 21.9 Å². The van der Waals surface area contributed by atoms with E-state index in [0.29, 0.717) is 97.6 Å². The number of para-hydroxylation sites is 1. The average molecular weight is 761 g/mol. The molecule has 0 fully saturated rings. The van der Waals surface area contributed by atoms with E-state index >= 15 is 0 Å². The van der Waals surface area contributed by atoms with Gasteiger partial charge in [-0.1, -0.05) is 78.0 Å². The molecule has 0 bridgehead atoms. The normalized spacial score (nSPS) is 11.4. The molecule has 0 aliphatic rings. The summed E-state index contributed by atoms with van der Waals surface area (Å²) in [6.07, 6.45) is 1.94.